The molecule has 0 radical (unpaired) electrons. The van der Waals surface area contributed by atoms with E-state index < -0.39 is 0 Å². The van der Waals surface area contributed by atoms with Crippen LogP contribution in [0.25, 0.3) is 0 Å². The van der Waals surface area contributed by atoms with E-state index in [9.17, 15) is 0 Å². The lowest BCUT2D eigenvalue weighted by molar-refractivity contribution is -0.130. The molecule has 1 atom stereocenters. The van der Waals surface area contributed by atoms with Gasteiger partial charge in [0, 0.05) is 32.7 Å². The minimum atomic E-state index is -0.247. The molecule has 2 rings (SSSR count). The number of ether oxygens (including phenoxy) is 2. The van der Waals surface area contributed by atoms with Crippen LogP contribution in [0.4, 0.5) is 0 Å². The molecule has 108 valence electrons. The fourth-order valence-electron chi connectivity index (χ4n) is 2.75. The summed E-state index contributed by atoms with van der Waals surface area (Å²) in [5.41, 5.74) is -0.247. The van der Waals surface area contributed by atoms with Crippen LogP contribution in [-0.2, 0) is 9.47 Å². The zero-order chi connectivity index (χ0) is 13.7. The van der Waals surface area contributed by atoms with Crippen molar-refractivity contribution in [3.05, 3.63) is 22.6 Å². The molecule has 1 aliphatic rings. The number of likely N-dealkylation sites (N-methyl/N-ethyl adjacent to an activating group) is 1. The van der Waals surface area contributed by atoms with E-state index in [1.54, 1.807) is 6.26 Å². The summed E-state index contributed by atoms with van der Waals surface area (Å²) in [7, 11) is 0. The highest BCUT2D eigenvalue weighted by Gasteiger charge is 2.43. The molecule has 0 spiro atoms. The van der Waals surface area contributed by atoms with Crippen LogP contribution in [0.2, 0.25) is 0 Å². The Morgan fingerprint density at radius 3 is 2.68 bits per heavy atom. The second kappa shape index (κ2) is 6.88. The van der Waals surface area contributed by atoms with E-state index in [-0.39, 0.29) is 11.6 Å². The summed E-state index contributed by atoms with van der Waals surface area (Å²) in [5, 5.41) is 3.52. The topological polar surface area (TPSA) is 43.6 Å². The maximum absolute atomic E-state index is 6.14. The fourth-order valence-corrected chi connectivity index (χ4v) is 3.18. The van der Waals surface area contributed by atoms with E-state index in [4.69, 9.17) is 13.9 Å². The molecule has 1 aromatic heterocycles. The van der Waals surface area contributed by atoms with Crippen LogP contribution in [0.3, 0.4) is 0 Å². The predicted molar refractivity (Wildman–Crippen MR) is 77.2 cm³/mol. The van der Waals surface area contributed by atoms with Gasteiger partial charge in [0.1, 0.15) is 5.76 Å². The van der Waals surface area contributed by atoms with Crippen molar-refractivity contribution < 1.29 is 13.9 Å². The van der Waals surface area contributed by atoms with Crippen LogP contribution >= 0.6 is 15.9 Å². The molecule has 1 fully saturated rings. The molecule has 0 bridgehead atoms. The summed E-state index contributed by atoms with van der Waals surface area (Å²) >= 11 is 3.56. The lowest BCUT2D eigenvalue weighted by atomic mass is 9.84. The van der Waals surface area contributed by atoms with Crippen LogP contribution in [0, 0.1) is 0 Å². The zero-order valence-corrected chi connectivity index (χ0v) is 13.2. The van der Waals surface area contributed by atoms with Gasteiger partial charge in [0.15, 0.2) is 0 Å². The Morgan fingerprint density at radius 1 is 1.42 bits per heavy atom. The highest BCUT2D eigenvalue weighted by atomic mass is 79.9. The Balaban J connectivity index is 2.31. The van der Waals surface area contributed by atoms with Gasteiger partial charge in [0.2, 0.25) is 0 Å². The maximum atomic E-state index is 6.14. The van der Waals surface area contributed by atoms with Gasteiger partial charge in [-0.15, -0.1) is 0 Å². The first-order valence-corrected chi connectivity index (χ1v) is 7.70. The number of halogens is 1. The molecular formula is C14H22BrNO3. The quantitative estimate of drug-likeness (QED) is 0.868. The first kappa shape index (κ1) is 15.0. The van der Waals surface area contributed by atoms with Gasteiger partial charge >= 0.3 is 0 Å². The zero-order valence-electron chi connectivity index (χ0n) is 11.6. The molecule has 1 N–H and O–H groups in total. The van der Waals surface area contributed by atoms with Gasteiger partial charge in [-0.25, -0.2) is 0 Å². The van der Waals surface area contributed by atoms with Crippen LogP contribution in [0.15, 0.2) is 21.2 Å². The Labute approximate surface area is 123 Å². The number of nitrogens with one attached hydrogen (secondary N) is 1. The molecule has 1 aromatic rings. The molecule has 19 heavy (non-hydrogen) atoms. The summed E-state index contributed by atoms with van der Waals surface area (Å²) < 4.78 is 18.3. The smallest absolute Gasteiger partial charge is 0.137 e. The van der Waals surface area contributed by atoms with Gasteiger partial charge in [-0.3, -0.25) is 0 Å². The Kier molecular flexibility index (Phi) is 5.45. The number of rotatable bonds is 6. The fraction of sp³-hybridized carbons (Fsp3) is 0.714. The second-order valence-corrected chi connectivity index (χ2v) is 5.59. The summed E-state index contributed by atoms with van der Waals surface area (Å²) in [6.07, 6.45) is 3.47. The molecule has 2 heterocycles. The first-order valence-electron chi connectivity index (χ1n) is 6.91. The second-order valence-electron chi connectivity index (χ2n) is 4.73. The van der Waals surface area contributed by atoms with E-state index in [0.717, 1.165) is 42.8 Å². The van der Waals surface area contributed by atoms with E-state index in [2.05, 4.69) is 28.2 Å². The Bertz CT molecular complexity index is 382. The van der Waals surface area contributed by atoms with Gasteiger partial charge < -0.3 is 19.2 Å². The normalized spacial score (nSPS) is 20.4. The van der Waals surface area contributed by atoms with Crippen molar-refractivity contribution in [3.8, 4) is 0 Å². The number of hydrogen-bond acceptors (Lipinski definition) is 4. The van der Waals surface area contributed by atoms with Crippen LogP contribution in [-0.4, -0.2) is 32.0 Å². The first-order chi connectivity index (χ1) is 9.23. The summed E-state index contributed by atoms with van der Waals surface area (Å²) in [4.78, 5) is 0. The molecule has 0 aromatic carbocycles. The molecule has 4 nitrogen and oxygen atoms in total. The maximum Gasteiger partial charge on any atom is 0.137 e. The van der Waals surface area contributed by atoms with E-state index in [0.29, 0.717) is 6.61 Å². The molecule has 1 unspecified atom stereocenters. The molecule has 1 saturated heterocycles. The summed E-state index contributed by atoms with van der Waals surface area (Å²) in [6.45, 7) is 7.17. The largest absolute Gasteiger partial charge is 0.466 e. The van der Waals surface area contributed by atoms with Crippen LogP contribution in [0.5, 0.6) is 0 Å². The van der Waals surface area contributed by atoms with Crippen molar-refractivity contribution in [3.63, 3.8) is 0 Å². The summed E-state index contributed by atoms with van der Waals surface area (Å²) in [6, 6.07) is 1.98. The van der Waals surface area contributed by atoms with E-state index in [1.165, 1.54) is 0 Å². The summed E-state index contributed by atoms with van der Waals surface area (Å²) in [5.74, 6) is 0.914. The van der Waals surface area contributed by atoms with Gasteiger partial charge in [0.25, 0.3) is 0 Å². The third kappa shape index (κ3) is 3.21. The number of hydrogen-bond donors (Lipinski definition) is 1. The lowest BCUT2D eigenvalue weighted by Crippen LogP contribution is -2.50. The van der Waals surface area contributed by atoms with Crippen molar-refractivity contribution in [1.82, 2.24) is 5.32 Å². The van der Waals surface area contributed by atoms with Crippen molar-refractivity contribution >= 4 is 15.9 Å². The third-order valence-electron chi connectivity index (χ3n) is 3.61. The average Bonchev–Trinajstić information content (AvgIpc) is 2.83. The molecule has 0 aliphatic carbocycles. The Morgan fingerprint density at radius 2 is 2.16 bits per heavy atom. The SMILES string of the molecule is CCNC(c1occc1Br)C1(OCC)CCOCC1. The Hall–Kier alpha value is -0.360. The van der Waals surface area contributed by atoms with Crippen molar-refractivity contribution in [2.45, 2.75) is 38.3 Å². The average molecular weight is 332 g/mol. The minimum Gasteiger partial charge on any atom is -0.466 e. The number of furan rings is 1. The highest BCUT2D eigenvalue weighted by Crippen LogP contribution is 2.40. The molecular weight excluding hydrogens is 310 g/mol. The predicted octanol–water partition coefficient (Wildman–Crippen LogP) is 3.28. The standard InChI is InChI=1S/C14H22BrNO3/c1-3-16-13(12-11(15)5-8-18-12)14(19-4-2)6-9-17-10-7-14/h5,8,13,16H,3-4,6-7,9-10H2,1-2H3. The minimum absolute atomic E-state index is 0.0470. The van der Waals surface area contributed by atoms with Crippen molar-refractivity contribution in [2.75, 3.05) is 26.4 Å². The van der Waals surface area contributed by atoms with Gasteiger partial charge in [-0.1, -0.05) is 6.92 Å². The van der Waals surface area contributed by atoms with E-state index in [1.807, 2.05) is 13.0 Å². The monoisotopic (exact) mass is 331 g/mol. The van der Waals surface area contributed by atoms with Crippen molar-refractivity contribution in [1.29, 1.82) is 0 Å². The lowest BCUT2D eigenvalue weighted by Gasteiger charge is -2.42. The molecule has 0 amide bonds. The molecule has 1 aliphatic heterocycles. The molecule has 5 heteroatoms. The van der Waals surface area contributed by atoms with Gasteiger partial charge in [-0.05, 0) is 35.5 Å². The van der Waals surface area contributed by atoms with E-state index >= 15 is 0 Å². The van der Waals surface area contributed by atoms with Gasteiger partial charge in [-0.2, -0.15) is 0 Å². The van der Waals surface area contributed by atoms with Crippen molar-refractivity contribution in [2.24, 2.45) is 0 Å². The third-order valence-corrected chi connectivity index (χ3v) is 4.27. The van der Waals surface area contributed by atoms with Crippen LogP contribution in [0.1, 0.15) is 38.5 Å². The van der Waals surface area contributed by atoms with Crippen LogP contribution < -0.4 is 5.32 Å². The highest BCUT2D eigenvalue weighted by molar-refractivity contribution is 9.10. The van der Waals surface area contributed by atoms with Gasteiger partial charge in [0.05, 0.1) is 22.4 Å². The molecule has 0 saturated carbocycles.